The molecule has 1 aromatic rings. The lowest BCUT2D eigenvalue weighted by molar-refractivity contribution is 0.102. The third-order valence-electron chi connectivity index (χ3n) is 2.43. The zero-order valence-electron chi connectivity index (χ0n) is 9.74. The lowest BCUT2D eigenvalue weighted by Crippen LogP contribution is -2.19. The van der Waals surface area contributed by atoms with E-state index in [2.05, 4.69) is 22.4 Å². The summed E-state index contributed by atoms with van der Waals surface area (Å²) in [5, 5.41) is 11.3. The average Bonchev–Trinajstić information content (AvgIpc) is 2.99. The maximum Gasteiger partial charge on any atom is 0.242 e. The van der Waals surface area contributed by atoms with Crippen LogP contribution in [0.3, 0.4) is 0 Å². The fourth-order valence-electron chi connectivity index (χ4n) is 1.42. The molecule has 0 radical (unpaired) electrons. The monoisotopic (exact) mass is 225 g/mol. The number of aromatic nitrogens is 2. The Labute approximate surface area is 95.6 Å². The Morgan fingerprint density at radius 2 is 2.19 bits per heavy atom. The van der Waals surface area contributed by atoms with Gasteiger partial charge in [0.2, 0.25) is 11.8 Å². The van der Waals surface area contributed by atoms with Gasteiger partial charge in [-0.15, -0.1) is 10.2 Å². The fourth-order valence-corrected chi connectivity index (χ4v) is 1.42. The maximum atomic E-state index is 5.45. The third-order valence-corrected chi connectivity index (χ3v) is 2.43. The van der Waals surface area contributed by atoms with Crippen LogP contribution in [0.15, 0.2) is 4.42 Å². The Balaban J connectivity index is 1.64. The van der Waals surface area contributed by atoms with Gasteiger partial charge in [-0.3, -0.25) is 0 Å². The zero-order chi connectivity index (χ0) is 11.2. The van der Waals surface area contributed by atoms with Crippen LogP contribution in [-0.4, -0.2) is 29.4 Å². The molecule has 0 atom stereocenters. The molecule has 0 bridgehead atoms. The quantitative estimate of drug-likeness (QED) is 0.675. The lowest BCUT2D eigenvalue weighted by atomic mass is 10.4. The van der Waals surface area contributed by atoms with Crippen LogP contribution in [0, 0.1) is 0 Å². The maximum absolute atomic E-state index is 5.45. The molecule has 1 fully saturated rings. The molecule has 0 unspecified atom stereocenters. The van der Waals surface area contributed by atoms with E-state index in [4.69, 9.17) is 9.15 Å². The van der Waals surface area contributed by atoms with Gasteiger partial charge in [-0.1, -0.05) is 6.92 Å². The number of nitrogens with one attached hydrogen (secondary N) is 1. The van der Waals surface area contributed by atoms with Crippen LogP contribution in [0.2, 0.25) is 0 Å². The second-order valence-electron chi connectivity index (χ2n) is 4.12. The smallest absolute Gasteiger partial charge is 0.242 e. The molecule has 0 amide bonds. The topological polar surface area (TPSA) is 60.2 Å². The molecule has 0 aliphatic heterocycles. The number of ether oxygens (including phenoxy) is 1. The minimum atomic E-state index is 0.427. The number of hydrogen-bond acceptors (Lipinski definition) is 5. The van der Waals surface area contributed by atoms with Crippen molar-refractivity contribution in [3.8, 4) is 0 Å². The van der Waals surface area contributed by atoms with Gasteiger partial charge in [0, 0.05) is 25.6 Å². The molecule has 1 aliphatic carbocycles. The largest absolute Gasteiger partial charge is 0.423 e. The van der Waals surface area contributed by atoms with E-state index in [0.29, 0.717) is 18.4 Å². The molecular weight excluding hydrogens is 206 g/mol. The first kappa shape index (κ1) is 11.5. The van der Waals surface area contributed by atoms with E-state index in [-0.39, 0.29) is 0 Å². The first-order valence-corrected chi connectivity index (χ1v) is 6.01. The SMILES string of the molecule is CCCOCc1nnc(CCNC2CC2)o1. The van der Waals surface area contributed by atoms with Crippen molar-refractivity contribution in [2.75, 3.05) is 13.2 Å². The highest BCUT2D eigenvalue weighted by Crippen LogP contribution is 2.18. The summed E-state index contributed by atoms with van der Waals surface area (Å²) in [5.41, 5.74) is 0. The van der Waals surface area contributed by atoms with Gasteiger partial charge in [0.05, 0.1) is 0 Å². The summed E-state index contributed by atoms with van der Waals surface area (Å²) >= 11 is 0. The Morgan fingerprint density at radius 1 is 1.38 bits per heavy atom. The minimum Gasteiger partial charge on any atom is -0.423 e. The van der Waals surface area contributed by atoms with Crippen molar-refractivity contribution in [2.24, 2.45) is 0 Å². The second-order valence-corrected chi connectivity index (χ2v) is 4.12. The van der Waals surface area contributed by atoms with Crippen LogP contribution in [-0.2, 0) is 17.8 Å². The van der Waals surface area contributed by atoms with Gasteiger partial charge < -0.3 is 14.5 Å². The summed E-state index contributed by atoms with van der Waals surface area (Å²) in [7, 11) is 0. The van der Waals surface area contributed by atoms with E-state index in [0.717, 1.165) is 32.0 Å². The van der Waals surface area contributed by atoms with Gasteiger partial charge in [0.25, 0.3) is 0 Å². The summed E-state index contributed by atoms with van der Waals surface area (Å²) < 4.78 is 10.8. The first-order chi connectivity index (χ1) is 7.88. The first-order valence-electron chi connectivity index (χ1n) is 6.01. The Kier molecular flexibility index (Phi) is 4.30. The number of hydrogen-bond donors (Lipinski definition) is 1. The van der Waals surface area contributed by atoms with Crippen molar-refractivity contribution in [3.63, 3.8) is 0 Å². The van der Waals surface area contributed by atoms with Crippen molar-refractivity contribution in [2.45, 2.75) is 45.3 Å². The molecule has 1 heterocycles. The van der Waals surface area contributed by atoms with Crippen LogP contribution in [0.1, 0.15) is 38.0 Å². The van der Waals surface area contributed by atoms with E-state index >= 15 is 0 Å². The van der Waals surface area contributed by atoms with E-state index in [9.17, 15) is 0 Å². The zero-order valence-corrected chi connectivity index (χ0v) is 9.74. The lowest BCUT2D eigenvalue weighted by Gasteiger charge is -1.98. The summed E-state index contributed by atoms with van der Waals surface area (Å²) in [4.78, 5) is 0. The van der Waals surface area contributed by atoms with Crippen molar-refractivity contribution < 1.29 is 9.15 Å². The van der Waals surface area contributed by atoms with Gasteiger partial charge in [0.1, 0.15) is 6.61 Å². The molecule has 5 nitrogen and oxygen atoms in total. The molecular formula is C11H19N3O2. The van der Waals surface area contributed by atoms with Gasteiger partial charge in [-0.25, -0.2) is 0 Å². The third kappa shape index (κ3) is 3.90. The molecule has 1 N–H and O–H groups in total. The van der Waals surface area contributed by atoms with Crippen LogP contribution < -0.4 is 5.32 Å². The standard InChI is InChI=1S/C11H19N3O2/c1-2-7-15-8-11-14-13-10(16-11)5-6-12-9-3-4-9/h9,12H,2-8H2,1H3. The van der Waals surface area contributed by atoms with Crippen molar-refractivity contribution in [1.82, 2.24) is 15.5 Å². The van der Waals surface area contributed by atoms with Crippen LogP contribution >= 0.6 is 0 Å². The van der Waals surface area contributed by atoms with E-state index in [1.54, 1.807) is 0 Å². The van der Waals surface area contributed by atoms with Crippen LogP contribution in [0.5, 0.6) is 0 Å². The molecule has 90 valence electrons. The molecule has 0 spiro atoms. The van der Waals surface area contributed by atoms with Gasteiger partial charge in [-0.05, 0) is 19.3 Å². The molecule has 1 aliphatic rings. The summed E-state index contributed by atoms with van der Waals surface area (Å²) in [5.74, 6) is 1.28. The van der Waals surface area contributed by atoms with E-state index in [1.165, 1.54) is 12.8 Å². The molecule has 5 heteroatoms. The Hall–Kier alpha value is -0.940. The molecule has 1 aromatic heterocycles. The highest BCUT2D eigenvalue weighted by Gasteiger charge is 2.20. The normalized spacial score (nSPS) is 15.6. The fraction of sp³-hybridized carbons (Fsp3) is 0.818. The highest BCUT2D eigenvalue weighted by molar-refractivity contribution is 4.85. The Bertz CT molecular complexity index is 310. The summed E-state index contributed by atoms with van der Waals surface area (Å²) in [6.45, 7) is 4.16. The molecule has 0 saturated heterocycles. The molecule has 1 saturated carbocycles. The average molecular weight is 225 g/mol. The highest BCUT2D eigenvalue weighted by atomic mass is 16.5. The van der Waals surface area contributed by atoms with E-state index < -0.39 is 0 Å². The Morgan fingerprint density at radius 3 is 2.94 bits per heavy atom. The van der Waals surface area contributed by atoms with Crippen molar-refractivity contribution >= 4 is 0 Å². The summed E-state index contributed by atoms with van der Waals surface area (Å²) in [6.07, 6.45) is 4.42. The van der Waals surface area contributed by atoms with Gasteiger partial charge >= 0.3 is 0 Å². The van der Waals surface area contributed by atoms with Gasteiger partial charge in [-0.2, -0.15) is 0 Å². The van der Waals surface area contributed by atoms with Gasteiger partial charge in [0.15, 0.2) is 0 Å². The number of nitrogens with zero attached hydrogens (tertiary/aromatic N) is 2. The number of rotatable bonds is 8. The molecule has 0 aromatic carbocycles. The van der Waals surface area contributed by atoms with Crippen LogP contribution in [0.4, 0.5) is 0 Å². The summed E-state index contributed by atoms with van der Waals surface area (Å²) in [6, 6.07) is 0.732. The molecule has 16 heavy (non-hydrogen) atoms. The predicted molar refractivity (Wildman–Crippen MR) is 59.0 cm³/mol. The van der Waals surface area contributed by atoms with Crippen molar-refractivity contribution in [1.29, 1.82) is 0 Å². The van der Waals surface area contributed by atoms with Crippen LogP contribution in [0.25, 0.3) is 0 Å². The van der Waals surface area contributed by atoms with Crippen molar-refractivity contribution in [3.05, 3.63) is 11.8 Å². The van der Waals surface area contributed by atoms with E-state index in [1.807, 2.05) is 0 Å². The second kappa shape index (κ2) is 5.96. The predicted octanol–water partition coefficient (Wildman–Crippen LogP) is 1.29. The molecule has 2 rings (SSSR count). The minimum absolute atomic E-state index is 0.427.